The standard InChI is InChI=1S/C22H29FN4O/c1-16(18-7-6-8-19(14-18)27-11-4-5-12-27)26-22(24-2)25-15-17-9-10-21(28-3)20(23)13-17/h6-10,13-14,16H,4-5,11-12,15H2,1-3H3,(H2,24,25,26). The van der Waals surface area contributed by atoms with E-state index >= 15 is 0 Å². The molecule has 150 valence electrons. The summed E-state index contributed by atoms with van der Waals surface area (Å²) in [5, 5.41) is 6.65. The highest BCUT2D eigenvalue weighted by Gasteiger charge is 2.14. The van der Waals surface area contributed by atoms with Gasteiger partial charge in [0.1, 0.15) is 0 Å². The molecule has 0 aromatic heterocycles. The fraction of sp³-hybridized carbons (Fsp3) is 0.409. The third kappa shape index (κ3) is 4.94. The summed E-state index contributed by atoms with van der Waals surface area (Å²) in [5.74, 6) is 0.560. The minimum atomic E-state index is -0.364. The van der Waals surface area contributed by atoms with Crippen molar-refractivity contribution in [2.75, 3.05) is 32.1 Å². The molecule has 1 aliphatic heterocycles. The van der Waals surface area contributed by atoms with Crippen molar-refractivity contribution >= 4 is 11.6 Å². The number of hydrogen-bond donors (Lipinski definition) is 2. The van der Waals surface area contributed by atoms with E-state index in [0.29, 0.717) is 12.5 Å². The molecular formula is C22H29FN4O. The number of nitrogens with zero attached hydrogens (tertiary/aromatic N) is 2. The first-order valence-electron chi connectivity index (χ1n) is 9.75. The van der Waals surface area contributed by atoms with Crippen LogP contribution in [0.2, 0.25) is 0 Å². The first kappa shape index (κ1) is 20.0. The SMILES string of the molecule is CN=C(NCc1ccc(OC)c(F)c1)NC(C)c1cccc(N2CCCC2)c1. The van der Waals surface area contributed by atoms with Gasteiger partial charge in [-0.15, -0.1) is 0 Å². The minimum Gasteiger partial charge on any atom is -0.494 e. The molecule has 1 heterocycles. The average molecular weight is 384 g/mol. The van der Waals surface area contributed by atoms with Crippen molar-refractivity contribution in [1.29, 1.82) is 0 Å². The molecule has 1 saturated heterocycles. The number of aliphatic imine (C=N–C) groups is 1. The molecule has 0 saturated carbocycles. The molecule has 0 bridgehead atoms. The van der Waals surface area contributed by atoms with E-state index in [1.54, 1.807) is 13.1 Å². The third-order valence-electron chi connectivity index (χ3n) is 5.09. The zero-order valence-corrected chi connectivity index (χ0v) is 16.8. The van der Waals surface area contributed by atoms with Crippen molar-refractivity contribution in [2.45, 2.75) is 32.4 Å². The Morgan fingerprint density at radius 2 is 2.00 bits per heavy atom. The summed E-state index contributed by atoms with van der Waals surface area (Å²) in [6, 6.07) is 13.7. The van der Waals surface area contributed by atoms with Crippen LogP contribution >= 0.6 is 0 Å². The van der Waals surface area contributed by atoms with Crippen molar-refractivity contribution in [3.05, 3.63) is 59.4 Å². The molecule has 0 spiro atoms. The molecule has 3 rings (SSSR count). The monoisotopic (exact) mass is 384 g/mol. The molecule has 5 nitrogen and oxygen atoms in total. The second-order valence-corrected chi connectivity index (χ2v) is 7.05. The number of nitrogens with one attached hydrogen (secondary N) is 2. The second-order valence-electron chi connectivity index (χ2n) is 7.05. The summed E-state index contributed by atoms with van der Waals surface area (Å²) in [6.07, 6.45) is 2.53. The molecule has 0 aliphatic carbocycles. The molecule has 28 heavy (non-hydrogen) atoms. The zero-order chi connectivity index (χ0) is 19.9. The lowest BCUT2D eigenvalue weighted by Gasteiger charge is -2.22. The number of benzene rings is 2. The van der Waals surface area contributed by atoms with Crippen LogP contribution in [0.5, 0.6) is 5.75 Å². The number of methoxy groups -OCH3 is 1. The predicted octanol–water partition coefficient (Wildman–Crippen LogP) is 3.86. The van der Waals surface area contributed by atoms with Crippen LogP contribution in [0.4, 0.5) is 10.1 Å². The Hall–Kier alpha value is -2.76. The van der Waals surface area contributed by atoms with Crippen LogP contribution in [0.25, 0.3) is 0 Å². The van der Waals surface area contributed by atoms with Crippen LogP contribution in [-0.2, 0) is 6.54 Å². The van der Waals surface area contributed by atoms with E-state index in [-0.39, 0.29) is 17.6 Å². The molecule has 1 fully saturated rings. The lowest BCUT2D eigenvalue weighted by atomic mass is 10.1. The Morgan fingerprint density at radius 3 is 2.68 bits per heavy atom. The van der Waals surface area contributed by atoms with Gasteiger partial charge in [0, 0.05) is 32.4 Å². The smallest absolute Gasteiger partial charge is 0.191 e. The molecule has 1 unspecified atom stereocenters. The summed E-state index contributed by atoms with van der Waals surface area (Å²) < 4.78 is 18.8. The van der Waals surface area contributed by atoms with Crippen LogP contribution in [0.15, 0.2) is 47.5 Å². The van der Waals surface area contributed by atoms with E-state index < -0.39 is 0 Å². The highest BCUT2D eigenvalue weighted by atomic mass is 19.1. The van der Waals surface area contributed by atoms with Gasteiger partial charge in [-0.25, -0.2) is 4.39 Å². The predicted molar refractivity (Wildman–Crippen MR) is 113 cm³/mol. The molecule has 1 aliphatic rings. The summed E-state index contributed by atoms with van der Waals surface area (Å²) in [4.78, 5) is 6.72. The van der Waals surface area contributed by atoms with E-state index in [2.05, 4.69) is 51.7 Å². The summed E-state index contributed by atoms with van der Waals surface area (Å²) in [5.41, 5.74) is 3.31. The summed E-state index contributed by atoms with van der Waals surface area (Å²) in [6.45, 7) is 4.85. The molecule has 0 amide bonds. The van der Waals surface area contributed by atoms with Gasteiger partial charge in [-0.2, -0.15) is 0 Å². The van der Waals surface area contributed by atoms with Gasteiger partial charge in [0.25, 0.3) is 0 Å². The van der Waals surface area contributed by atoms with Crippen molar-refractivity contribution in [3.8, 4) is 5.75 Å². The minimum absolute atomic E-state index is 0.0985. The average Bonchev–Trinajstić information content (AvgIpc) is 3.26. The molecule has 2 aromatic carbocycles. The van der Waals surface area contributed by atoms with Gasteiger partial charge >= 0.3 is 0 Å². The highest BCUT2D eigenvalue weighted by molar-refractivity contribution is 5.80. The Labute approximate surface area is 166 Å². The third-order valence-corrected chi connectivity index (χ3v) is 5.09. The number of guanidine groups is 1. The fourth-order valence-electron chi connectivity index (χ4n) is 3.45. The lowest BCUT2D eigenvalue weighted by molar-refractivity contribution is 0.386. The van der Waals surface area contributed by atoms with Crippen molar-refractivity contribution in [3.63, 3.8) is 0 Å². The number of halogens is 1. The maximum atomic E-state index is 13.9. The second kappa shape index (κ2) is 9.44. The normalized spacial score (nSPS) is 15.4. The Balaban J connectivity index is 1.59. The van der Waals surface area contributed by atoms with Gasteiger partial charge in [-0.3, -0.25) is 4.99 Å². The molecule has 0 radical (unpaired) electrons. The molecule has 2 N–H and O–H groups in total. The summed E-state index contributed by atoms with van der Waals surface area (Å²) >= 11 is 0. The maximum absolute atomic E-state index is 13.9. The molecule has 2 aromatic rings. The quantitative estimate of drug-likeness (QED) is 0.587. The van der Waals surface area contributed by atoms with Crippen LogP contribution in [0, 0.1) is 5.82 Å². The fourth-order valence-corrected chi connectivity index (χ4v) is 3.45. The van der Waals surface area contributed by atoms with Gasteiger partial charge in [0.05, 0.1) is 13.2 Å². The Morgan fingerprint density at radius 1 is 1.21 bits per heavy atom. The number of anilines is 1. The largest absolute Gasteiger partial charge is 0.494 e. The maximum Gasteiger partial charge on any atom is 0.191 e. The van der Waals surface area contributed by atoms with Gasteiger partial charge in [0.2, 0.25) is 0 Å². The first-order chi connectivity index (χ1) is 13.6. The van der Waals surface area contributed by atoms with E-state index in [1.807, 2.05) is 6.07 Å². The van der Waals surface area contributed by atoms with E-state index in [4.69, 9.17) is 4.74 Å². The molecule has 6 heteroatoms. The van der Waals surface area contributed by atoms with Gasteiger partial charge in [-0.1, -0.05) is 18.2 Å². The van der Waals surface area contributed by atoms with E-state index in [0.717, 1.165) is 18.7 Å². The highest BCUT2D eigenvalue weighted by Crippen LogP contribution is 2.24. The lowest BCUT2D eigenvalue weighted by Crippen LogP contribution is -2.38. The van der Waals surface area contributed by atoms with Crippen molar-refractivity contribution < 1.29 is 9.13 Å². The van der Waals surface area contributed by atoms with Crippen molar-refractivity contribution in [2.24, 2.45) is 4.99 Å². The first-order valence-corrected chi connectivity index (χ1v) is 9.75. The summed E-state index contributed by atoms with van der Waals surface area (Å²) in [7, 11) is 3.19. The zero-order valence-electron chi connectivity index (χ0n) is 16.8. The number of ether oxygens (including phenoxy) is 1. The number of rotatable bonds is 6. The van der Waals surface area contributed by atoms with Gasteiger partial charge in [0.15, 0.2) is 17.5 Å². The van der Waals surface area contributed by atoms with Crippen LogP contribution in [-0.4, -0.2) is 33.2 Å². The van der Waals surface area contributed by atoms with Gasteiger partial charge in [-0.05, 0) is 55.2 Å². The Bertz CT molecular complexity index is 818. The number of hydrogen-bond acceptors (Lipinski definition) is 3. The molecule has 1 atom stereocenters. The molecular weight excluding hydrogens is 355 g/mol. The Kier molecular flexibility index (Phi) is 6.74. The van der Waals surface area contributed by atoms with E-state index in [1.165, 1.54) is 37.3 Å². The van der Waals surface area contributed by atoms with Gasteiger partial charge < -0.3 is 20.3 Å². The van der Waals surface area contributed by atoms with Crippen LogP contribution in [0.1, 0.15) is 36.9 Å². The van der Waals surface area contributed by atoms with Crippen molar-refractivity contribution in [1.82, 2.24) is 10.6 Å². The van der Waals surface area contributed by atoms with Crippen LogP contribution in [0.3, 0.4) is 0 Å². The van der Waals surface area contributed by atoms with E-state index in [9.17, 15) is 4.39 Å². The van der Waals surface area contributed by atoms with Crippen LogP contribution < -0.4 is 20.3 Å². The topological polar surface area (TPSA) is 48.9 Å².